The summed E-state index contributed by atoms with van der Waals surface area (Å²) in [6.45, 7) is 3.82. The van der Waals surface area contributed by atoms with Gasteiger partial charge >= 0.3 is 6.18 Å². The highest BCUT2D eigenvalue weighted by Crippen LogP contribution is 2.31. The first kappa shape index (κ1) is 18.7. The summed E-state index contributed by atoms with van der Waals surface area (Å²) in [5.41, 5.74) is 3.64. The summed E-state index contributed by atoms with van der Waals surface area (Å²) >= 11 is 0. The van der Waals surface area contributed by atoms with Crippen LogP contribution in [-0.4, -0.2) is 5.91 Å². The lowest BCUT2D eigenvalue weighted by Gasteiger charge is -2.14. The Morgan fingerprint density at radius 1 is 0.852 bits per heavy atom. The predicted molar refractivity (Wildman–Crippen MR) is 101 cm³/mol. The van der Waals surface area contributed by atoms with Gasteiger partial charge in [0, 0.05) is 5.69 Å². The zero-order valence-electron chi connectivity index (χ0n) is 14.9. The monoisotopic (exact) mass is 369 g/mol. The summed E-state index contributed by atoms with van der Waals surface area (Å²) in [4.78, 5) is 12.8. The Bertz CT molecular complexity index is 958. The number of benzene rings is 3. The van der Waals surface area contributed by atoms with E-state index in [0.717, 1.165) is 34.4 Å². The van der Waals surface area contributed by atoms with Crippen molar-refractivity contribution in [2.24, 2.45) is 0 Å². The van der Waals surface area contributed by atoms with Crippen LogP contribution in [0.25, 0.3) is 11.1 Å². The zero-order chi connectivity index (χ0) is 19.6. The molecule has 0 atom stereocenters. The third-order valence-electron chi connectivity index (χ3n) is 4.33. The van der Waals surface area contributed by atoms with Gasteiger partial charge in [0.1, 0.15) is 0 Å². The van der Waals surface area contributed by atoms with E-state index in [0.29, 0.717) is 11.3 Å². The molecule has 3 rings (SSSR count). The maximum Gasteiger partial charge on any atom is 0.416 e. The van der Waals surface area contributed by atoms with Crippen LogP contribution in [0, 0.1) is 13.8 Å². The normalized spacial score (nSPS) is 11.3. The molecule has 3 aromatic rings. The fraction of sp³-hybridized carbons (Fsp3) is 0.136. The highest BCUT2D eigenvalue weighted by molar-refractivity contribution is 6.09. The Morgan fingerprint density at radius 2 is 1.48 bits per heavy atom. The van der Waals surface area contributed by atoms with Crippen LogP contribution in [0.1, 0.15) is 27.0 Å². The third kappa shape index (κ3) is 4.19. The Balaban J connectivity index is 1.92. The minimum absolute atomic E-state index is 0.311. The van der Waals surface area contributed by atoms with Crippen LogP contribution in [0.4, 0.5) is 18.9 Å². The average Bonchev–Trinajstić information content (AvgIpc) is 2.61. The molecule has 2 nitrogen and oxygen atoms in total. The highest BCUT2D eigenvalue weighted by atomic mass is 19.4. The first-order valence-electron chi connectivity index (χ1n) is 8.41. The molecule has 0 spiro atoms. The molecule has 0 saturated heterocycles. The first-order valence-corrected chi connectivity index (χ1v) is 8.41. The number of carbonyl (C=O) groups is 1. The fourth-order valence-corrected chi connectivity index (χ4v) is 2.88. The van der Waals surface area contributed by atoms with E-state index in [-0.39, 0.29) is 5.91 Å². The maximum absolute atomic E-state index is 12.8. The van der Waals surface area contributed by atoms with Crippen LogP contribution in [0.3, 0.4) is 0 Å². The zero-order valence-corrected chi connectivity index (χ0v) is 14.9. The average molecular weight is 369 g/mol. The number of carbonyl (C=O) groups excluding carboxylic acids is 1. The van der Waals surface area contributed by atoms with Gasteiger partial charge in [-0.15, -0.1) is 0 Å². The molecule has 0 bridgehead atoms. The Labute approximate surface area is 155 Å². The van der Waals surface area contributed by atoms with Gasteiger partial charge in [-0.05, 0) is 54.8 Å². The van der Waals surface area contributed by atoms with Crippen molar-refractivity contribution in [2.75, 3.05) is 5.32 Å². The number of alkyl halides is 3. The van der Waals surface area contributed by atoms with E-state index in [1.54, 1.807) is 0 Å². The van der Waals surface area contributed by atoms with E-state index < -0.39 is 11.7 Å². The molecule has 0 radical (unpaired) electrons. The summed E-state index contributed by atoms with van der Waals surface area (Å²) in [6, 6.07) is 17.8. The van der Waals surface area contributed by atoms with Gasteiger partial charge in [0.2, 0.25) is 0 Å². The molecule has 3 aromatic carbocycles. The second-order valence-electron chi connectivity index (χ2n) is 6.39. The SMILES string of the molecule is Cc1ccc(-c2cccc(C)c2C(=O)Nc2ccc(C(F)(F)F)cc2)cc1. The number of hydrogen-bond acceptors (Lipinski definition) is 1. The second kappa shape index (κ2) is 7.27. The minimum Gasteiger partial charge on any atom is -0.322 e. The van der Waals surface area contributed by atoms with Crippen molar-refractivity contribution in [3.63, 3.8) is 0 Å². The van der Waals surface area contributed by atoms with Crippen molar-refractivity contribution in [2.45, 2.75) is 20.0 Å². The summed E-state index contributed by atoms with van der Waals surface area (Å²) in [5, 5.41) is 2.69. The Morgan fingerprint density at radius 3 is 2.07 bits per heavy atom. The summed E-state index contributed by atoms with van der Waals surface area (Å²) in [5.74, 6) is -0.358. The molecule has 1 N–H and O–H groups in total. The highest BCUT2D eigenvalue weighted by Gasteiger charge is 2.30. The lowest BCUT2D eigenvalue weighted by molar-refractivity contribution is -0.137. The Kier molecular flexibility index (Phi) is 5.04. The van der Waals surface area contributed by atoms with E-state index in [1.165, 1.54) is 12.1 Å². The molecule has 0 aliphatic heterocycles. The molecule has 5 heteroatoms. The number of hydrogen-bond donors (Lipinski definition) is 1. The smallest absolute Gasteiger partial charge is 0.322 e. The Hall–Kier alpha value is -3.08. The lowest BCUT2D eigenvalue weighted by Crippen LogP contribution is -2.15. The second-order valence-corrected chi connectivity index (χ2v) is 6.39. The summed E-state index contributed by atoms with van der Waals surface area (Å²) in [7, 11) is 0. The largest absolute Gasteiger partial charge is 0.416 e. The molecule has 0 heterocycles. The number of halogens is 3. The number of aryl methyl sites for hydroxylation is 2. The standard InChI is InChI=1S/C22H18F3NO/c1-14-6-8-16(9-7-14)19-5-3-4-15(2)20(19)21(27)26-18-12-10-17(11-13-18)22(23,24)25/h3-13H,1-2H3,(H,26,27). The number of rotatable bonds is 3. The van der Waals surface area contributed by atoms with E-state index >= 15 is 0 Å². The summed E-state index contributed by atoms with van der Waals surface area (Å²) < 4.78 is 38.0. The molecule has 138 valence electrons. The first-order chi connectivity index (χ1) is 12.8. The summed E-state index contributed by atoms with van der Waals surface area (Å²) in [6.07, 6.45) is -4.41. The van der Waals surface area contributed by atoms with E-state index in [2.05, 4.69) is 5.32 Å². The molecule has 0 aliphatic rings. The van der Waals surface area contributed by atoms with Gasteiger partial charge in [-0.25, -0.2) is 0 Å². The number of amides is 1. The van der Waals surface area contributed by atoms with Crippen molar-refractivity contribution in [1.29, 1.82) is 0 Å². The van der Waals surface area contributed by atoms with Crippen LogP contribution < -0.4 is 5.32 Å². The van der Waals surface area contributed by atoms with Gasteiger partial charge < -0.3 is 5.32 Å². The van der Waals surface area contributed by atoms with Crippen molar-refractivity contribution in [3.05, 3.63) is 89.0 Å². The van der Waals surface area contributed by atoms with Gasteiger partial charge in [-0.1, -0.05) is 48.0 Å². The van der Waals surface area contributed by atoms with Gasteiger partial charge in [0.25, 0.3) is 5.91 Å². The van der Waals surface area contributed by atoms with Crippen molar-refractivity contribution in [3.8, 4) is 11.1 Å². The van der Waals surface area contributed by atoms with Crippen molar-refractivity contribution in [1.82, 2.24) is 0 Å². The topological polar surface area (TPSA) is 29.1 Å². The molecule has 0 aliphatic carbocycles. The van der Waals surface area contributed by atoms with E-state index in [4.69, 9.17) is 0 Å². The minimum atomic E-state index is -4.41. The van der Waals surface area contributed by atoms with Gasteiger partial charge in [0.05, 0.1) is 11.1 Å². The van der Waals surface area contributed by atoms with Gasteiger partial charge in [-0.3, -0.25) is 4.79 Å². The van der Waals surface area contributed by atoms with E-state index in [9.17, 15) is 18.0 Å². The van der Waals surface area contributed by atoms with Crippen molar-refractivity contribution >= 4 is 11.6 Å². The van der Waals surface area contributed by atoms with E-state index in [1.807, 2.05) is 56.3 Å². The molecule has 0 aromatic heterocycles. The fourth-order valence-electron chi connectivity index (χ4n) is 2.88. The molecular formula is C22H18F3NO. The van der Waals surface area contributed by atoms with Crippen LogP contribution in [-0.2, 0) is 6.18 Å². The van der Waals surface area contributed by atoms with Gasteiger partial charge in [0.15, 0.2) is 0 Å². The number of anilines is 1. The van der Waals surface area contributed by atoms with Crippen molar-refractivity contribution < 1.29 is 18.0 Å². The van der Waals surface area contributed by atoms with Crippen LogP contribution in [0.2, 0.25) is 0 Å². The third-order valence-corrected chi connectivity index (χ3v) is 4.33. The molecule has 1 amide bonds. The number of nitrogens with one attached hydrogen (secondary N) is 1. The quantitative estimate of drug-likeness (QED) is 0.582. The van der Waals surface area contributed by atoms with Crippen LogP contribution in [0.5, 0.6) is 0 Å². The maximum atomic E-state index is 12.8. The van der Waals surface area contributed by atoms with Gasteiger partial charge in [-0.2, -0.15) is 13.2 Å². The predicted octanol–water partition coefficient (Wildman–Crippen LogP) is 6.24. The molecule has 0 fully saturated rings. The van der Waals surface area contributed by atoms with Crippen LogP contribution >= 0.6 is 0 Å². The molecule has 27 heavy (non-hydrogen) atoms. The van der Waals surface area contributed by atoms with Crippen LogP contribution in [0.15, 0.2) is 66.7 Å². The molecule has 0 saturated carbocycles. The molecule has 0 unspecified atom stereocenters. The lowest BCUT2D eigenvalue weighted by atomic mass is 9.95. The molecular weight excluding hydrogens is 351 g/mol.